The van der Waals surface area contributed by atoms with Crippen molar-refractivity contribution in [1.82, 2.24) is 0 Å². The van der Waals surface area contributed by atoms with Crippen molar-refractivity contribution in [2.24, 2.45) is 21.2 Å². The van der Waals surface area contributed by atoms with E-state index in [0.717, 1.165) is 0 Å². The molecule has 23 heavy (non-hydrogen) atoms. The third-order valence-electron chi connectivity index (χ3n) is 2.86. The zero-order valence-corrected chi connectivity index (χ0v) is 13.6. The molecule has 0 bridgehead atoms. The molecule has 1 aromatic carbocycles. The lowest BCUT2D eigenvalue weighted by Gasteiger charge is -2.09. The largest absolute Gasteiger partial charge is 0.399 e. The van der Waals surface area contributed by atoms with Gasteiger partial charge in [0.1, 0.15) is 32.2 Å². The van der Waals surface area contributed by atoms with E-state index in [-0.39, 0.29) is 12.3 Å². The molecule has 0 aliphatic heterocycles. The zero-order chi connectivity index (χ0) is 17.2. The Labute approximate surface area is 134 Å². The molecule has 0 aliphatic rings. The van der Waals surface area contributed by atoms with E-state index >= 15 is 0 Å². The van der Waals surface area contributed by atoms with Crippen molar-refractivity contribution in [3.05, 3.63) is 35.4 Å². The van der Waals surface area contributed by atoms with Crippen LogP contribution in [0.1, 0.15) is 25.0 Å². The average molecular weight is 320 g/mol. The number of rotatable bonds is 8. The summed E-state index contributed by atoms with van der Waals surface area (Å²) in [5.74, 6) is -0.693. The molecule has 0 saturated heterocycles. The number of hydrogen-bond acceptors (Lipinski definition) is 7. The molecule has 0 spiro atoms. The maximum Gasteiger partial charge on any atom is 0.271 e. The first kappa shape index (κ1) is 18.1. The minimum Gasteiger partial charge on any atom is -0.399 e. The van der Waals surface area contributed by atoms with Crippen LogP contribution in [-0.4, -0.2) is 37.3 Å². The molecule has 0 saturated carbocycles. The summed E-state index contributed by atoms with van der Waals surface area (Å²) in [6.07, 6.45) is 0. The Morgan fingerprint density at radius 3 is 2.26 bits per heavy atom. The Kier molecular flexibility index (Phi) is 7.25. The van der Waals surface area contributed by atoms with Crippen LogP contribution < -0.4 is 5.73 Å². The van der Waals surface area contributed by atoms with Crippen LogP contribution in [0.15, 0.2) is 39.7 Å². The molecule has 1 aromatic rings. The highest BCUT2D eigenvalue weighted by atomic mass is 16.6. The Balaban J connectivity index is 2.95. The number of nitrogens with two attached hydrogens (primary N) is 1. The smallest absolute Gasteiger partial charge is 0.271 e. The van der Waals surface area contributed by atoms with Gasteiger partial charge in [-0.1, -0.05) is 39.7 Å². The van der Waals surface area contributed by atoms with Gasteiger partial charge in [-0.2, -0.15) is 0 Å². The van der Waals surface area contributed by atoms with Gasteiger partial charge in [0.25, 0.3) is 5.91 Å². The van der Waals surface area contributed by atoms with Gasteiger partial charge in [0.2, 0.25) is 0 Å². The van der Waals surface area contributed by atoms with Crippen LogP contribution in [-0.2, 0) is 25.9 Å². The summed E-state index contributed by atoms with van der Waals surface area (Å²) in [6, 6.07) is 7.05. The predicted octanol–water partition coefficient (Wildman–Crippen LogP) is 1.44. The lowest BCUT2D eigenvalue weighted by molar-refractivity contribution is -0.112. The highest BCUT2D eigenvalue weighted by Gasteiger charge is 2.15. The van der Waals surface area contributed by atoms with Gasteiger partial charge in [0.05, 0.1) is 0 Å². The molecular weight excluding hydrogens is 300 g/mol. The maximum absolute atomic E-state index is 11.5. The minimum atomic E-state index is -0.693. The topological polar surface area (TPSA) is 108 Å². The molecule has 1 amide bonds. The third-order valence-corrected chi connectivity index (χ3v) is 2.86. The van der Waals surface area contributed by atoms with E-state index in [9.17, 15) is 4.79 Å². The Morgan fingerprint density at radius 2 is 1.65 bits per heavy atom. The van der Waals surface area contributed by atoms with Crippen molar-refractivity contribution < 1.29 is 19.3 Å². The SMILES string of the molecule is CON=C(C)C(C)=NOCc1ccccc1C(=NOC)C(N)=O. The first-order valence-corrected chi connectivity index (χ1v) is 6.75. The molecule has 0 aliphatic carbocycles. The van der Waals surface area contributed by atoms with Crippen molar-refractivity contribution in [3.8, 4) is 0 Å². The number of carbonyl (C=O) groups excluding carboxylic acids is 1. The Bertz CT molecular complexity index is 638. The van der Waals surface area contributed by atoms with E-state index in [1.54, 1.807) is 32.0 Å². The van der Waals surface area contributed by atoms with E-state index < -0.39 is 5.91 Å². The number of primary amides is 1. The highest BCUT2D eigenvalue weighted by molar-refractivity contribution is 6.45. The quantitative estimate of drug-likeness (QED) is 0.577. The fourth-order valence-electron chi connectivity index (χ4n) is 1.66. The number of hydrogen-bond donors (Lipinski definition) is 1. The standard InChI is InChI=1S/C15H20N4O4/c1-10(17-21-3)11(2)18-23-9-12-7-5-6-8-13(12)14(15(16)20)19-22-4/h5-8H,9H2,1-4H3,(H2,16,20). The molecule has 0 radical (unpaired) electrons. The molecule has 0 unspecified atom stereocenters. The van der Waals surface area contributed by atoms with Gasteiger partial charge in [0, 0.05) is 11.1 Å². The van der Waals surface area contributed by atoms with Gasteiger partial charge in [-0.05, 0) is 13.8 Å². The van der Waals surface area contributed by atoms with Gasteiger partial charge in [-0.15, -0.1) is 0 Å². The van der Waals surface area contributed by atoms with E-state index in [0.29, 0.717) is 22.6 Å². The first-order chi connectivity index (χ1) is 11.0. The van der Waals surface area contributed by atoms with Crippen molar-refractivity contribution in [1.29, 1.82) is 0 Å². The van der Waals surface area contributed by atoms with Crippen molar-refractivity contribution in [2.45, 2.75) is 20.5 Å². The van der Waals surface area contributed by atoms with Crippen molar-refractivity contribution in [2.75, 3.05) is 14.2 Å². The number of amides is 1. The van der Waals surface area contributed by atoms with Gasteiger partial charge >= 0.3 is 0 Å². The normalized spacial score (nSPS) is 12.8. The van der Waals surface area contributed by atoms with Crippen LogP contribution in [0.5, 0.6) is 0 Å². The van der Waals surface area contributed by atoms with Crippen LogP contribution in [0.3, 0.4) is 0 Å². The van der Waals surface area contributed by atoms with Gasteiger partial charge in [-0.3, -0.25) is 4.79 Å². The molecule has 2 N–H and O–H groups in total. The molecule has 1 rings (SSSR count). The highest BCUT2D eigenvalue weighted by Crippen LogP contribution is 2.12. The zero-order valence-electron chi connectivity index (χ0n) is 13.6. The lowest BCUT2D eigenvalue weighted by Crippen LogP contribution is -2.25. The lowest BCUT2D eigenvalue weighted by atomic mass is 10.0. The van der Waals surface area contributed by atoms with E-state index in [2.05, 4.69) is 25.1 Å². The van der Waals surface area contributed by atoms with Crippen LogP contribution in [0.2, 0.25) is 0 Å². The van der Waals surface area contributed by atoms with E-state index in [1.165, 1.54) is 14.2 Å². The molecule has 0 heterocycles. The molecule has 0 atom stereocenters. The van der Waals surface area contributed by atoms with Gasteiger partial charge in [-0.25, -0.2) is 0 Å². The Hall–Kier alpha value is -2.90. The summed E-state index contributed by atoms with van der Waals surface area (Å²) in [4.78, 5) is 26.1. The van der Waals surface area contributed by atoms with Crippen LogP contribution in [0, 0.1) is 0 Å². The average Bonchev–Trinajstić information content (AvgIpc) is 2.53. The second-order valence-corrected chi connectivity index (χ2v) is 4.45. The van der Waals surface area contributed by atoms with Gasteiger partial charge < -0.3 is 20.2 Å². The Morgan fingerprint density at radius 1 is 1.04 bits per heavy atom. The van der Waals surface area contributed by atoms with Crippen molar-refractivity contribution >= 4 is 23.0 Å². The molecule has 0 aromatic heterocycles. The molecule has 0 fully saturated rings. The number of oxime groups is 3. The second kappa shape index (κ2) is 9.19. The number of carbonyl (C=O) groups is 1. The fourth-order valence-corrected chi connectivity index (χ4v) is 1.66. The fraction of sp³-hybridized carbons (Fsp3) is 0.333. The number of nitrogens with zero attached hydrogens (tertiary/aromatic N) is 3. The molecule has 8 heteroatoms. The summed E-state index contributed by atoms with van der Waals surface area (Å²) < 4.78 is 0. The second-order valence-electron chi connectivity index (χ2n) is 4.45. The monoisotopic (exact) mass is 320 g/mol. The summed E-state index contributed by atoms with van der Waals surface area (Å²) in [7, 11) is 2.79. The van der Waals surface area contributed by atoms with Gasteiger partial charge in [0.15, 0.2) is 5.71 Å². The number of benzene rings is 1. The maximum atomic E-state index is 11.5. The molecule has 124 valence electrons. The minimum absolute atomic E-state index is 0.0181. The molecule has 8 nitrogen and oxygen atoms in total. The van der Waals surface area contributed by atoms with Crippen LogP contribution >= 0.6 is 0 Å². The summed E-state index contributed by atoms with van der Waals surface area (Å²) in [5.41, 5.74) is 7.73. The van der Waals surface area contributed by atoms with Crippen molar-refractivity contribution in [3.63, 3.8) is 0 Å². The summed E-state index contributed by atoms with van der Waals surface area (Å²) in [6.45, 7) is 3.62. The summed E-state index contributed by atoms with van der Waals surface area (Å²) in [5, 5.41) is 11.4. The molecular formula is C15H20N4O4. The van der Waals surface area contributed by atoms with Crippen LogP contribution in [0.25, 0.3) is 0 Å². The third kappa shape index (κ3) is 5.42. The summed E-state index contributed by atoms with van der Waals surface area (Å²) >= 11 is 0. The predicted molar refractivity (Wildman–Crippen MR) is 87.2 cm³/mol. The van der Waals surface area contributed by atoms with Crippen LogP contribution in [0.4, 0.5) is 0 Å². The van der Waals surface area contributed by atoms with E-state index in [1.807, 2.05) is 6.07 Å². The van der Waals surface area contributed by atoms with E-state index in [4.69, 9.17) is 10.6 Å². The first-order valence-electron chi connectivity index (χ1n) is 6.75.